The summed E-state index contributed by atoms with van der Waals surface area (Å²) in [7, 11) is 2.16. The SMILES string of the molecule is Cc1nccc(CN(C)CC2CCCCN2)n1. The summed E-state index contributed by atoms with van der Waals surface area (Å²) in [6, 6.07) is 2.65. The van der Waals surface area contributed by atoms with E-state index < -0.39 is 0 Å². The van der Waals surface area contributed by atoms with Crippen LogP contribution in [0, 0.1) is 6.92 Å². The van der Waals surface area contributed by atoms with Gasteiger partial charge in [-0.1, -0.05) is 6.42 Å². The van der Waals surface area contributed by atoms with Crippen LogP contribution in [0.3, 0.4) is 0 Å². The van der Waals surface area contributed by atoms with Gasteiger partial charge in [-0.05, 0) is 39.4 Å². The third kappa shape index (κ3) is 4.06. The quantitative estimate of drug-likeness (QED) is 0.854. The Morgan fingerprint density at radius 3 is 3.06 bits per heavy atom. The molecule has 17 heavy (non-hydrogen) atoms. The van der Waals surface area contributed by atoms with Gasteiger partial charge >= 0.3 is 0 Å². The van der Waals surface area contributed by atoms with E-state index in [1.54, 1.807) is 0 Å². The maximum absolute atomic E-state index is 4.43. The zero-order valence-corrected chi connectivity index (χ0v) is 10.8. The number of aryl methyl sites for hydroxylation is 1. The van der Waals surface area contributed by atoms with E-state index in [1.165, 1.54) is 25.8 Å². The predicted octanol–water partition coefficient (Wildman–Crippen LogP) is 1.36. The Morgan fingerprint density at radius 1 is 1.47 bits per heavy atom. The van der Waals surface area contributed by atoms with Gasteiger partial charge in [0.15, 0.2) is 0 Å². The van der Waals surface area contributed by atoms with Gasteiger partial charge in [0.2, 0.25) is 0 Å². The summed E-state index contributed by atoms with van der Waals surface area (Å²) in [5.41, 5.74) is 1.11. The van der Waals surface area contributed by atoms with E-state index in [-0.39, 0.29) is 0 Å². The van der Waals surface area contributed by atoms with E-state index >= 15 is 0 Å². The highest BCUT2D eigenvalue weighted by Crippen LogP contribution is 2.09. The first-order chi connectivity index (χ1) is 8.24. The standard InChI is InChI=1S/C13H22N4/c1-11-14-8-6-13(16-11)10-17(2)9-12-5-3-4-7-15-12/h6,8,12,15H,3-5,7,9-10H2,1-2H3. The van der Waals surface area contributed by atoms with Crippen LogP contribution < -0.4 is 5.32 Å². The molecule has 1 aliphatic heterocycles. The molecule has 1 aromatic heterocycles. The molecule has 94 valence electrons. The van der Waals surface area contributed by atoms with Gasteiger partial charge < -0.3 is 5.32 Å². The molecule has 1 N–H and O–H groups in total. The number of hydrogen-bond acceptors (Lipinski definition) is 4. The van der Waals surface area contributed by atoms with Crippen molar-refractivity contribution in [1.82, 2.24) is 20.2 Å². The lowest BCUT2D eigenvalue weighted by atomic mass is 10.0. The van der Waals surface area contributed by atoms with Crippen molar-refractivity contribution in [2.75, 3.05) is 20.1 Å². The van der Waals surface area contributed by atoms with Crippen LogP contribution in [0.1, 0.15) is 30.8 Å². The number of rotatable bonds is 4. The molecule has 0 aromatic carbocycles. The van der Waals surface area contributed by atoms with Gasteiger partial charge in [0.25, 0.3) is 0 Å². The van der Waals surface area contributed by atoms with Gasteiger partial charge in [0.1, 0.15) is 5.82 Å². The second-order valence-electron chi connectivity index (χ2n) is 4.94. The van der Waals surface area contributed by atoms with E-state index in [1.807, 2.05) is 19.2 Å². The first kappa shape index (κ1) is 12.5. The molecular weight excluding hydrogens is 212 g/mol. The topological polar surface area (TPSA) is 41.1 Å². The number of piperidine rings is 1. The molecular formula is C13H22N4. The van der Waals surface area contributed by atoms with Crippen LogP contribution in [0.4, 0.5) is 0 Å². The van der Waals surface area contributed by atoms with Gasteiger partial charge in [0.05, 0.1) is 5.69 Å². The zero-order valence-electron chi connectivity index (χ0n) is 10.8. The minimum Gasteiger partial charge on any atom is -0.313 e. The first-order valence-electron chi connectivity index (χ1n) is 6.44. The van der Waals surface area contributed by atoms with Crippen LogP contribution >= 0.6 is 0 Å². The summed E-state index contributed by atoms with van der Waals surface area (Å²) in [6.45, 7) is 5.11. The molecule has 1 atom stereocenters. The normalized spacial score (nSPS) is 20.8. The summed E-state index contributed by atoms with van der Waals surface area (Å²) in [5.74, 6) is 0.853. The zero-order chi connectivity index (χ0) is 12.1. The van der Waals surface area contributed by atoms with Crippen molar-refractivity contribution in [3.63, 3.8) is 0 Å². The lowest BCUT2D eigenvalue weighted by molar-refractivity contribution is 0.254. The molecule has 0 bridgehead atoms. The summed E-state index contributed by atoms with van der Waals surface area (Å²) >= 11 is 0. The highest BCUT2D eigenvalue weighted by atomic mass is 15.1. The van der Waals surface area contributed by atoms with Crippen LogP contribution in [0.15, 0.2) is 12.3 Å². The third-order valence-electron chi connectivity index (χ3n) is 3.21. The Bertz CT molecular complexity index is 347. The molecule has 1 aromatic rings. The van der Waals surface area contributed by atoms with Gasteiger partial charge in [-0.2, -0.15) is 0 Å². The number of hydrogen-bond donors (Lipinski definition) is 1. The molecule has 2 heterocycles. The molecule has 0 aliphatic carbocycles. The molecule has 1 saturated heterocycles. The summed E-state index contributed by atoms with van der Waals surface area (Å²) < 4.78 is 0. The first-order valence-corrected chi connectivity index (χ1v) is 6.44. The Morgan fingerprint density at radius 2 is 2.35 bits per heavy atom. The number of aromatic nitrogens is 2. The van der Waals surface area contributed by atoms with Crippen LogP contribution in [0.25, 0.3) is 0 Å². The fourth-order valence-corrected chi connectivity index (χ4v) is 2.39. The van der Waals surface area contributed by atoms with Crippen molar-refractivity contribution in [3.05, 3.63) is 23.8 Å². The lowest BCUT2D eigenvalue weighted by Crippen LogP contribution is -2.42. The van der Waals surface area contributed by atoms with Gasteiger partial charge in [-0.15, -0.1) is 0 Å². The van der Waals surface area contributed by atoms with Gasteiger partial charge in [-0.25, -0.2) is 9.97 Å². The molecule has 0 spiro atoms. The molecule has 2 rings (SSSR count). The fourth-order valence-electron chi connectivity index (χ4n) is 2.39. The Hall–Kier alpha value is -1.00. The van der Waals surface area contributed by atoms with E-state index in [4.69, 9.17) is 0 Å². The van der Waals surface area contributed by atoms with Crippen molar-refractivity contribution in [3.8, 4) is 0 Å². The van der Waals surface area contributed by atoms with Crippen LogP contribution in [0.2, 0.25) is 0 Å². The average Bonchev–Trinajstić information content (AvgIpc) is 2.30. The highest BCUT2D eigenvalue weighted by Gasteiger charge is 2.14. The van der Waals surface area contributed by atoms with E-state index in [0.29, 0.717) is 6.04 Å². The average molecular weight is 234 g/mol. The molecule has 1 fully saturated rings. The minimum atomic E-state index is 0.650. The van der Waals surface area contributed by atoms with Crippen molar-refractivity contribution in [2.24, 2.45) is 0 Å². The van der Waals surface area contributed by atoms with E-state index in [0.717, 1.165) is 24.6 Å². The van der Waals surface area contributed by atoms with Crippen LogP contribution in [-0.4, -0.2) is 41.0 Å². The molecule has 1 aliphatic rings. The Labute approximate surface area is 103 Å². The molecule has 0 amide bonds. The molecule has 0 radical (unpaired) electrons. The van der Waals surface area contributed by atoms with Crippen molar-refractivity contribution >= 4 is 0 Å². The molecule has 4 nitrogen and oxygen atoms in total. The lowest BCUT2D eigenvalue weighted by Gasteiger charge is -2.28. The monoisotopic (exact) mass is 234 g/mol. The second kappa shape index (κ2) is 6.07. The predicted molar refractivity (Wildman–Crippen MR) is 68.7 cm³/mol. The van der Waals surface area contributed by atoms with Crippen molar-refractivity contribution in [1.29, 1.82) is 0 Å². The van der Waals surface area contributed by atoms with E-state index in [9.17, 15) is 0 Å². The van der Waals surface area contributed by atoms with Crippen LogP contribution in [-0.2, 0) is 6.54 Å². The smallest absolute Gasteiger partial charge is 0.125 e. The van der Waals surface area contributed by atoms with Crippen LogP contribution in [0.5, 0.6) is 0 Å². The maximum Gasteiger partial charge on any atom is 0.125 e. The summed E-state index contributed by atoms with van der Waals surface area (Å²) in [6.07, 6.45) is 5.82. The molecule has 1 unspecified atom stereocenters. The fraction of sp³-hybridized carbons (Fsp3) is 0.692. The van der Waals surface area contributed by atoms with Crippen molar-refractivity contribution < 1.29 is 0 Å². The maximum atomic E-state index is 4.43. The Kier molecular flexibility index (Phi) is 4.45. The third-order valence-corrected chi connectivity index (χ3v) is 3.21. The number of nitrogens with zero attached hydrogens (tertiary/aromatic N) is 3. The number of nitrogens with one attached hydrogen (secondary N) is 1. The second-order valence-corrected chi connectivity index (χ2v) is 4.94. The Balaban J connectivity index is 1.82. The number of likely N-dealkylation sites (N-methyl/N-ethyl adjacent to an activating group) is 1. The highest BCUT2D eigenvalue weighted by molar-refractivity contribution is 5.01. The summed E-state index contributed by atoms with van der Waals surface area (Å²) in [4.78, 5) is 10.9. The van der Waals surface area contributed by atoms with Crippen molar-refractivity contribution in [2.45, 2.75) is 38.8 Å². The largest absolute Gasteiger partial charge is 0.313 e. The molecule has 0 saturated carbocycles. The van der Waals surface area contributed by atoms with Gasteiger partial charge in [0, 0.05) is 25.3 Å². The van der Waals surface area contributed by atoms with E-state index in [2.05, 4.69) is 27.2 Å². The van der Waals surface area contributed by atoms with Gasteiger partial charge in [-0.3, -0.25) is 4.90 Å². The summed E-state index contributed by atoms with van der Waals surface area (Å²) in [5, 5.41) is 3.57. The minimum absolute atomic E-state index is 0.650. The molecule has 4 heteroatoms.